The molecule has 1 aliphatic heterocycles. The number of amides is 1. The smallest absolute Gasteiger partial charge is 0.255 e. The summed E-state index contributed by atoms with van der Waals surface area (Å²) in [5, 5.41) is 3.82. The summed E-state index contributed by atoms with van der Waals surface area (Å²) < 4.78 is 15.8. The first-order valence-corrected chi connectivity index (χ1v) is 7.94. The zero-order valence-electron chi connectivity index (χ0n) is 12.3. The van der Waals surface area contributed by atoms with Gasteiger partial charge in [0.05, 0.1) is 25.3 Å². The second-order valence-electron chi connectivity index (χ2n) is 5.05. The molecule has 0 aromatic heterocycles. The molecular formula is C15H20BrNO4. The predicted molar refractivity (Wildman–Crippen MR) is 83.6 cm³/mol. The summed E-state index contributed by atoms with van der Waals surface area (Å²) in [6, 6.07) is 5.19. The van der Waals surface area contributed by atoms with Gasteiger partial charge in [0.2, 0.25) is 0 Å². The van der Waals surface area contributed by atoms with Gasteiger partial charge in [-0.15, -0.1) is 0 Å². The third-order valence-corrected chi connectivity index (χ3v) is 4.81. The highest BCUT2D eigenvalue weighted by molar-refractivity contribution is 9.09. The molecule has 0 aliphatic carbocycles. The lowest BCUT2D eigenvalue weighted by Crippen LogP contribution is -2.53. The van der Waals surface area contributed by atoms with E-state index in [1.54, 1.807) is 32.4 Å². The fourth-order valence-electron chi connectivity index (χ4n) is 2.35. The van der Waals surface area contributed by atoms with Crippen molar-refractivity contribution in [1.82, 2.24) is 5.32 Å². The molecule has 1 amide bonds. The first-order valence-electron chi connectivity index (χ1n) is 6.82. The maximum Gasteiger partial charge on any atom is 0.255 e. The minimum atomic E-state index is -0.274. The molecule has 1 N–H and O–H groups in total. The van der Waals surface area contributed by atoms with Crippen LogP contribution in [-0.4, -0.2) is 44.2 Å². The van der Waals surface area contributed by atoms with E-state index in [1.165, 1.54) is 0 Å². The highest BCUT2D eigenvalue weighted by atomic mass is 79.9. The lowest BCUT2D eigenvalue weighted by atomic mass is 9.92. The van der Waals surface area contributed by atoms with E-state index in [4.69, 9.17) is 14.2 Å². The van der Waals surface area contributed by atoms with Crippen LogP contribution >= 0.6 is 15.9 Å². The van der Waals surface area contributed by atoms with Crippen molar-refractivity contribution in [2.75, 3.05) is 32.8 Å². The number of hydrogen-bond donors (Lipinski definition) is 1. The van der Waals surface area contributed by atoms with Crippen molar-refractivity contribution < 1.29 is 19.0 Å². The van der Waals surface area contributed by atoms with E-state index in [9.17, 15) is 4.79 Å². The van der Waals surface area contributed by atoms with Crippen LogP contribution in [0.2, 0.25) is 0 Å². The topological polar surface area (TPSA) is 56.8 Å². The molecule has 21 heavy (non-hydrogen) atoms. The molecule has 116 valence electrons. The van der Waals surface area contributed by atoms with Crippen LogP contribution in [0.3, 0.4) is 0 Å². The Kier molecular flexibility index (Phi) is 5.47. The van der Waals surface area contributed by atoms with Crippen molar-refractivity contribution in [2.45, 2.75) is 18.4 Å². The number of carbonyl (C=O) groups is 1. The summed E-state index contributed by atoms with van der Waals surface area (Å²) in [5.74, 6) is 0.998. The molecule has 1 fully saturated rings. The summed E-state index contributed by atoms with van der Waals surface area (Å²) in [7, 11) is 3.12. The Morgan fingerprint density at radius 1 is 1.33 bits per heavy atom. The fraction of sp³-hybridized carbons (Fsp3) is 0.533. The lowest BCUT2D eigenvalue weighted by Gasteiger charge is -2.36. The monoisotopic (exact) mass is 357 g/mol. The summed E-state index contributed by atoms with van der Waals surface area (Å²) in [5.41, 5.74) is 0.201. The van der Waals surface area contributed by atoms with Crippen LogP contribution in [0.4, 0.5) is 0 Å². The molecule has 1 aromatic carbocycles. The van der Waals surface area contributed by atoms with Gasteiger partial charge >= 0.3 is 0 Å². The van der Waals surface area contributed by atoms with E-state index >= 15 is 0 Å². The molecule has 1 heterocycles. The van der Waals surface area contributed by atoms with Gasteiger partial charge in [-0.1, -0.05) is 15.9 Å². The number of benzene rings is 1. The van der Waals surface area contributed by atoms with Crippen LogP contribution in [-0.2, 0) is 4.74 Å². The van der Waals surface area contributed by atoms with Gasteiger partial charge in [0.1, 0.15) is 11.5 Å². The molecular weight excluding hydrogens is 338 g/mol. The van der Waals surface area contributed by atoms with Crippen molar-refractivity contribution in [3.8, 4) is 11.5 Å². The van der Waals surface area contributed by atoms with E-state index in [0.717, 1.165) is 12.8 Å². The van der Waals surface area contributed by atoms with Crippen molar-refractivity contribution in [1.29, 1.82) is 0 Å². The Labute approximate surface area is 133 Å². The van der Waals surface area contributed by atoms with Crippen molar-refractivity contribution >= 4 is 21.8 Å². The van der Waals surface area contributed by atoms with Gasteiger partial charge in [0, 0.05) is 18.5 Å². The second-order valence-corrected chi connectivity index (χ2v) is 5.61. The zero-order chi connectivity index (χ0) is 15.3. The number of ether oxygens (including phenoxy) is 3. The van der Waals surface area contributed by atoms with E-state index in [2.05, 4.69) is 21.2 Å². The molecule has 1 saturated heterocycles. The van der Waals surface area contributed by atoms with E-state index in [1.807, 2.05) is 0 Å². The van der Waals surface area contributed by atoms with Gasteiger partial charge < -0.3 is 19.5 Å². The Morgan fingerprint density at radius 2 is 2.05 bits per heavy atom. The van der Waals surface area contributed by atoms with Crippen LogP contribution in [0.15, 0.2) is 18.2 Å². The molecule has 0 spiro atoms. The molecule has 0 unspecified atom stereocenters. The Balaban J connectivity index is 2.22. The molecule has 2 rings (SSSR count). The molecule has 0 radical (unpaired) electrons. The Hall–Kier alpha value is -1.27. The summed E-state index contributed by atoms with van der Waals surface area (Å²) in [6.07, 6.45) is 1.58. The average Bonchev–Trinajstić information content (AvgIpc) is 2.55. The first kappa shape index (κ1) is 16.1. The number of nitrogens with one attached hydrogen (secondary N) is 1. The molecule has 6 heteroatoms. The number of carbonyl (C=O) groups excluding carboxylic acids is 1. The molecule has 5 nitrogen and oxygen atoms in total. The standard InChI is InChI=1S/C15H20BrNO4/c1-19-11-3-4-13(20-2)12(9-11)14(18)17-15(10-16)5-7-21-8-6-15/h3-4,9H,5-8,10H2,1-2H3,(H,17,18). The third kappa shape index (κ3) is 3.68. The SMILES string of the molecule is COc1ccc(OC)c(C(=O)NC2(CBr)CCOCC2)c1. The van der Waals surface area contributed by atoms with Crippen molar-refractivity contribution in [3.05, 3.63) is 23.8 Å². The molecule has 1 aromatic rings. The Bertz CT molecular complexity index is 500. The zero-order valence-corrected chi connectivity index (χ0v) is 13.9. The summed E-state index contributed by atoms with van der Waals surface area (Å²) in [6.45, 7) is 1.31. The maximum atomic E-state index is 12.6. The van der Waals surface area contributed by atoms with Gasteiger partial charge in [-0.3, -0.25) is 4.79 Å². The second kappa shape index (κ2) is 7.13. The van der Waals surface area contributed by atoms with Crippen molar-refractivity contribution in [2.24, 2.45) is 0 Å². The third-order valence-electron chi connectivity index (χ3n) is 3.74. The van der Waals surface area contributed by atoms with Crippen molar-refractivity contribution in [3.63, 3.8) is 0 Å². The van der Waals surface area contributed by atoms with Gasteiger partial charge in [-0.25, -0.2) is 0 Å². The number of alkyl halides is 1. The number of hydrogen-bond acceptors (Lipinski definition) is 4. The maximum absolute atomic E-state index is 12.6. The number of rotatable bonds is 5. The largest absolute Gasteiger partial charge is 0.497 e. The molecule has 0 bridgehead atoms. The molecule has 0 atom stereocenters. The van der Waals surface area contributed by atoms with Crippen LogP contribution in [0.5, 0.6) is 11.5 Å². The average molecular weight is 358 g/mol. The minimum Gasteiger partial charge on any atom is -0.497 e. The van der Waals surface area contributed by atoms with Gasteiger partial charge in [0.25, 0.3) is 5.91 Å². The van der Waals surface area contributed by atoms with Gasteiger partial charge in [-0.2, -0.15) is 0 Å². The van der Waals surface area contributed by atoms with Gasteiger partial charge in [0.15, 0.2) is 0 Å². The number of halogens is 1. The molecule has 0 saturated carbocycles. The quantitative estimate of drug-likeness (QED) is 0.822. The van der Waals surface area contributed by atoms with E-state index in [-0.39, 0.29) is 11.4 Å². The Morgan fingerprint density at radius 3 is 2.62 bits per heavy atom. The lowest BCUT2D eigenvalue weighted by molar-refractivity contribution is 0.0441. The fourth-order valence-corrected chi connectivity index (χ4v) is 3.05. The first-order chi connectivity index (χ1) is 10.1. The predicted octanol–water partition coefficient (Wildman–Crippen LogP) is 2.38. The highest BCUT2D eigenvalue weighted by Crippen LogP contribution is 2.27. The van der Waals surface area contributed by atoms with E-state index < -0.39 is 0 Å². The van der Waals surface area contributed by atoms with Crippen LogP contribution in [0.25, 0.3) is 0 Å². The molecule has 1 aliphatic rings. The number of methoxy groups -OCH3 is 2. The van der Waals surface area contributed by atoms with Crippen LogP contribution in [0, 0.1) is 0 Å². The van der Waals surface area contributed by atoms with E-state index in [0.29, 0.717) is 35.6 Å². The normalized spacial score (nSPS) is 17.1. The van der Waals surface area contributed by atoms with Gasteiger partial charge in [-0.05, 0) is 31.0 Å². The summed E-state index contributed by atoms with van der Waals surface area (Å²) in [4.78, 5) is 12.6. The highest BCUT2D eigenvalue weighted by Gasteiger charge is 2.34. The van der Waals surface area contributed by atoms with Crippen LogP contribution < -0.4 is 14.8 Å². The van der Waals surface area contributed by atoms with Crippen LogP contribution in [0.1, 0.15) is 23.2 Å². The minimum absolute atomic E-state index is 0.160. The summed E-state index contributed by atoms with van der Waals surface area (Å²) >= 11 is 3.51.